The Morgan fingerprint density at radius 3 is 2.14 bits per heavy atom. The highest BCUT2D eigenvalue weighted by atomic mass is 16.2. The molecule has 0 aromatic heterocycles. The van der Waals surface area contributed by atoms with Crippen molar-refractivity contribution < 1.29 is 4.79 Å². The first-order valence-corrected chi connectivity index (χ1v) is 9.05. The van der Waals surface area contributed by atoms with Crippen molar-refractivity contribution in [2.45, 2.75) is 65.7 Å². The number of carbonyl (C=O) groups excluding carboxylic acids is 1. The van der Waals surface area contributed by atoms with E-state index < -0.39 is 0 Å². The molecule has 2 aliphatic heterocycles. The van der Waals surface area contributed by atoms with Crippen LogP contribution in [-0.4, -0.2) is 48.4 Å². The maximum absolute atomic E-state index is 12.2. The Morgan fingerprint density at radius 1 is 1.05 bits per heavy atom. The smallest absolute Gasteiger partial charge is 0.222 e. The van der Waals surface area contributed by atoms with E-state index in [1.165, 1.54) is 51.7 Å². The summed E-state index contributed by atoms with van der Waals surface area (Å²) in [5.74, 6) is 1.02. The number of hydrogen-bond donors (Lipinski definition) is 0. The average Bonchev–Trinajstić information content (AvgIpc) is 2.48. The molecule has 0 aliphatic carbocycles. The maximum Gasteiger partial charge on any atom is 0.222 e. The fourth-order valence-electron chi connectivity index (χ4n) is 3.87. The van der Waals surface area contributed by atoms with E-state index in [2.05, 4.69) is 30.6 Å². The number of nitrogens with zero attached hydrogens (tertiary/aromatic N) is 2. The quantitative estimate of drug-likeness (QED) is 0.774. The first-order chi connectivity index (χ1) is 10.0. The Bertz CT molecular complexity index is 322. The van der Waals surface area contributed by atoms with Crippen molar-refractivity contribution in [2.24, 2.45) is 11.3 Å². The molecule has 0 saturated carbocycles. The van der Waals surface area contributed by atoms with Crippen LogP contribution in [0.3, 0.4) is 0 Å². The summed E-state index contributed by atoms with van der Waals surface area (Å²) in [6, 6.07) is 0. The zero-order valence-corrected chi connectivity index (χ0v) is 14.4. The molecule has 2 saturated heterocycles. The minimum absolute atomic E-state index is 0.391. The summed E-state index contributed by atoms with van der Waals surface area (Å²) < 4.78 is 0. The molecule has 3 nitrogen and oxygen atoms in total. The third kappa shape index (κ3) is 4.70. The lowest BCUT2D eigenvalue weighted by molar-refractivity contribution is -0.134. The van der Waals surface area contributed by atoms with Crippen LogP contribution < -0.4 is 0 Å². The van der Waals surface area contributed by atoms with E-state index in [-0.39, 0.29) is 0 Å². The molecule has 2 heterocycles. The maximum atomic E-state index is 12.2. The van der Waals surface area contributed by atoms with Gasteiger partial charge in [-0.2, -0.15) is 0 Å². The minimum atomic E-state index is 0.391. The Labute approximate surface area is 131 Å². The van der Waals surface area contributed by atoms with Crippen LogP contribution in [0.25, 0.3) is 0 Å². The van der Waals surface area contributed by atoms with Gasteiger partial charge in [-0.05, 0) is 69.5 Å². The Hall–Kier alpha value is -0.570. The molecule has 3 heteroatoms. The number of likely N-dealkylation sites (tertiary alicyclic amines) is 2. The van der Waals surface area contributed by atoms with Crippen molar-refractivity contribution in [3.63, 3.8) is 0 Å². The largest absolute Gasteiger partial charge is 0.343 e. The average molecular weight is 294 g/mol. The molecule has 1 amide bonds. The van der Waals surface area contributed by atoms with Crippen molar-refractivity contribution in [2.75, 3.05) is 32.7 Å². The summed E-state index contributed by atoms with van der Waals surface area (Å²) in [4.78, 5) is 17.0. The predicted molar refractivity (Wildman–Crippen MR) is 88.3 cm³/mol. The first-order valence-electron chi connectivity index (χ1n) is 9.05. The van der Waals surface area contributed by atoms with Gasteiger partial charge in [0.15, 0.2) is 0 Å². The highest BCUT2D eigenvalue weighted by Gasteiger charge is 2.38. The van der Waals surface area contributed by atoms with Gasteiger partial charge in [0.1, 0.15) is 0 Å². The Kier molecular flexibility index (Phi) is 6.09. The van der Waals surface area contributed by atoms with E-state index in [9.17, 15) is 4.79 Å². The molecular formula is C18H34N2O. The fraction of sp³-hybridized carbons (Fsp3) is 0.944. The lowest BCUT2D eigenvalue weighted by atomic mass is 9.71. The normalized spacial score (nSPS) is 23.0. The van der Waals surface area contributed by atoms with Crippen LogP contribution in [0.5, 0.6) is 0 Å². The SMILES string of the molecule is CCCN1CCC2(CC1)CCN(C(=O)CCC(C)C)CC2. The Balaban J connectivity index is 1.74. The van der Waals surface area contributed by atoms with E-state index in [4.69, 9.17) is 0 Å². The molecule has 2 rings (SSSR count). The van der Waals surface area contributed by atoms with Gasteiger partial charge in [0.25, 0.3) is 0 Å². The molecule has 2 fully saturated rings. The molecule has 2 aliphatic rings. The highest BCUT2D eigenvalue weighted by molar-refractivity contribution is 5.76. The molecule has 0 bridgehead atoms. The van der Waals surface area contributed by atoms with Crippen LogP contribution in [-0.2, 0) is 4.79 Å². The molecule has 0 unspecified atom stereocenters. The van der Waals surface area contributed by atoms with Crippen LogP contribution in [0.15, 0.2) is 0 Å². The number of amides is 1. The molecule has 0 radical (unpaired) electrons. The summed E-state index contributed by atoms with van der Waals surface area (Å²) in [6.45, 7) is 12.5. The number of piperidine rings is 2. The lowest BCUT2D eigenvalue weighted by Crippen LogP contribution is -2.48. The number of hydrogen-bond acceptors (Lipinski definition) is 2. The second-order valence-electron chi connectivity index (χ2n) is 7.65. The highest BCUT2D eigenvalue weighted by Crippen LogP contribution is 2.41. The van der Waals surface area contributed by atoms with Crippen LogP contribution in [0.2, 0.25) is 0 Å². The summed E-state index contributed by atoms with van der Waals surface area (Å²) in [5, 5.41) is 0. The minimum Gasteiger partial charge on any atom is -0.343 e. The molecule has 122 valence electrons. The van der Waals surface area contributed by atoms with Crippen LogP contribution in [0.4, 0.5) is 0 Å². The molecule has 0 aromatic carbocycles. The topological polar surface area (TPSA) is 23.6 Å². The summed E-state index contributed by atoms with van der Waals surface area (Å²) in [5.41, 5.74) is 0.555. The van der Waals surface area contributed by atoms with Gasteiger partial charge >= 0.3 is 0 Å². The van der Waals surface area contributed by atoms with Gasteiger partial charge in [-0.3, -0.25) is 4.79 Å². The predicted octanol–water partition coefficient (Wildman–Crippen LogP) is 3.54. The van der Waals surface area contributed by atoms with Crippen molar-refractivity contribution in [1.29, 1.82) is 0 Å². The van der Waals surface area contributed by atoms with Gasteiger partial charge in [0.2, 0.25) is 5.91 Å². The third-order valence-corrected chi connectivity index (χ3v) is 5.57. The van der Waals surface area contributed by atoms with Crippen molar-refractivity contribution in [3.8, 4) is 0 Å². The number of rotatable bonds is 5. The summed E-state index contributed by atoms with van der Waals surface area (Å²) in [7, 11) is 0. The van der Waals surface area contributed by atoms with Gasteiger partial charge in [-0.25, -0.2) is 0 Å². The molecule has 0 atom stereocenters. The first kappa shape index (κ1) is 16.8. The molecule has 0 aromatic rings. The van der Waals surface area contributed by atoms with Crippen molar-refractivity contribution >= 4 is 5.91 Å². The van der Waals surface area contributed by atoms with E-state index in [1.807, 2.05) is 0 Å². The van der Waals surface area contributed by atoms with Crippen LogP contribution >= 0.6 is 0 Å². The summed E-state index contributed by atoms with van der Waals surface area (Å²) in [6.07, 6.45) is 8.22. The standard InChI is InChI=1S/C18H34N2O/c1-4-11-19-12-7-18(8-13-19)9-14-20(15-10-18)17(21)6-5-16(2)3/h16H,4-15H2,1-3H3. The van der Waals surface area contributed by atoms with Gasteiger partial charge in [-0.1, -0.05) is 20.8 Å². The van der Waals surface area contributed by atoms with Crippen LogP contribution in [0, 0.1) is 11.3 Å². The van der Waals surface area contributed by atoms with Crippen LogP contribution in [0.1, 0.15) is 65.7 Å². The second-order valence-corrected chi connectivity index (χ2v) is 7.65. The summed E-state index contributed by atoms with van der Waals surface area (Å²) >= 11 is 0. The third-order valence-electron chi connectivity index (χ3n) is 5.57. The second kappa shape index (κ2) is 7.62. The van der Waals surface area contributed by atoms with Crippen molar-refractivity contribution in [1.82, 2.24) is 9.80 Å². The van der Waals surface area contributed by atoms with E-state index in [0.717, 1.165) is 25.9 Å². The zero-order valence-electron chi connectivity index (χ0n) is 14.4. The monoisotopic (exact) mass is 294 g/mol. The molecular weight excluding hydrogens is 260 g/mol. The zero-order chi connectivity index (χ0) is 15.3. The van der Waals surface area contributed by atoms with E-state index in [1.54, 1.807) is 0 Å². The van der Waals surface area contributed by atoms with Gasteiger partial charge in [0, 0.05) is 19.5 Å². The van der Waals surface area contributed by atoms with E-state index >= 15 is 0 Å². The molecule has 0 N–H and O–H groups in total. The van der Waals surface area contributed by atoms with Gasteiger partial charge in [0.05, 0.1) is 0 Å². The molecule has 1 spiro atoms. The van der Waals surface area contributed by atoms with Crippen molar-refractivity contribution in [3.05, 3.63) is 0 Å². The van der Waals surface area contributed by atoms with Gasteiger partial charge in [-0.15, -0.1) is 0 Å². The van der Waals surface area contributed by atoms with E-state index in [0.29, 0.717) is 17.2 Å². The molecule has 21 heavy (non-hydrogen) atoms. The number of carbonyl (C=O) groups is 1. The Morgan fingerprint density at radius 2 is 1.62 bits per heavy atom. The lowest BCUT2D eigenvalue weighted by Gasteiger charge is -2.47. The fourth-order valence-corrected chi connectivity index (χ4v) is 3.87. The van der Waals surface area contributed by atoms with Gasteiger partial charge < -0.3 is 9.80 Å².